The van der Waals surface area contributed by atoms with Crippen molar-refractivity contribution in [3.63, 3.8) is 0 Å². The maximum Gasteiger partial charge on any atom is 0.335 e. The normalized spacial score (nSPS) is 11.9. The lowest BCUT2D eigenvalue weighted by atomic mass is 10.0. The van der Waals surface area contributed by atoms with Crippen molar-refractivity contribution in [1.29, 1.82) is 0 Å². The maximum atomic E-state index is 13.8. The van der Waals surface area contributed by atoms with Gasteiger partial charge in [0.05, 0.1) is 17.3 Å². The summed E-state index contributed by atoms with van der Waals surface area (Å²) in [6.07, 6.45) is 0.605. The van der Waals surface area contributed by atoms with E-state index in [2.05, 4.69) is 5.32 Å². The first kappa shape index (κ1) is 14.8. The molecule has 2 rings (SSSR count). The van der Waals surface area contributed by atoms with E-state index in [0.717, 1.165) is 6.07 Å². The zero-order valence-electron chi connectivity index (χ0n) is 11.5. The zero-order valence-corrected chi connectivity index (χ0v) is 11.5. The summed E-state index contributed by atoms with van der Waals surface area (Å²) in [7, 11) is 0. The molecule has 0 spiro atoms. The van der Waals surface area contributed by atoms with Crippen LogP contribution in [-0.2, 0) is 0 Å². The number of benzene rings is 2. The van der Waals surface area contributed by atoms with Crippen molar-refractivity contribution in [2.24, 2.45) is 0 Å². The number of anilines is 1. The summed E-state index contributed by atoms with van der Waals surface area (Å²) in [5, 5.41) is 21.8. The van der Waals surface area contributed by atoms with Crippen LogP contribution >= 0.6 is 0 Å². The SMILES string of the molecule is CCC(Nc1cc(C(=O)O)ccc1F)c1ccccc1O. The van der Waals surface area contributed by atoms with Gasteiger partial charge in [-0.25, -0.2) is 9.18 Å². The fraction of sp³-hybridized carbons (Fsp3) is 0.188. The lowest BCUT2D eigenvalue weighted by molar-refractivity contribution is 0.0697. The Kier molecular flexibility index (Phi) is 4.42. The number of halogens is 1. The summed E-state index contributed by atoms with van der Waals surface area (Å²) < 4.78 is 13.8. The molecule has 110 valence electrons. The lowest BCUT2D eigenvalue weighted by Crippen LogP contribution is -2.12. The van der Waals surface area contributed by atoms with E-state index in [4.69, 9.17) is 5.11 Å². The second-order valence-corrected chi connectivity index (χ2v) is 4.66. The molecule has 21 heavy (non-hydrogen) atoms. The van der Waals surface area contributed by atoms with E-state index in [-0.39, 0.29) is 23.0 Å². The fourth-order valence-corrected chi connectivity index (χ4v) is 2.14. The predicted octanol–water partition coefficient (Wildman–Crippen LogP) is 3.79. The van der Waals surface area contributed by atoms with Crippen LogP contribution in [0.2, 0.25) is 0 Å². The molecule has 1 unspecified atom stereocenters. The van der Waals surface area contributed by atoms with E-state index >= 15 is 0 Å². The van der Waals surface area contributed by atoms with Gasteiger partial charge in [0.25, 0.3) is 0 Å². The quantitative estimate of drug-likeness (QED) is 0.783. The van der Waals surface area contributed by atoms with Crippen molar-refractivity contribution in [1.82, 2.24) is 0 Å². The van der Waals surface area contributed by atoms with Gasteiger partial charge in [0.2, 0.25) is 0 Å². The standard InChI is InChI=1S/C16H16FNO3/c1-2-13(11-5-3-4-6-15(11)19)18-14-9-10(16(20)21)7-8-12(14)17/h3-9,13,18-19H,2H2,1H3,(H,20,21). The number of para-hydroxylation sites is 1. The van der Waals surface area contributed by atoms with E-state index in [0.29, 0.717) is 12.0 Å². The summed E-state index contributed by atoms with van der Waals surface area (Å²) >= 11 is 0. The molecule has 0 bridgehead atoms. The van der Waals surface area contributed by atoms with Crippen LogP contribution in [0.5, 0.6) is 5.75 Å². The highest BCUT2D eigenvalue weighted by Gasteiger charge is 2.16. The number of aromatic hydroxyl groups is 1. The first-order chi connectivity index (χ1) is 10.0. The summed E-state index contributed by atoms with van der Waals surface area (Å²) in [6.45, 7) is 1.89. The minimum atomic E-state index is -1.12. The Labute approximate surface area is 121 Å². The van der Waals surface area contributed by atoms with Crippen LogP contribution in [0.1, 0.15) is 35.3 Å². The van der Waals surface area contributed by atoms with Crippen LogP contribution in [0.25, 0.3) is 0 Å². The number of carbonyl (C=O) groups is 1. The Morgan fingerprint density at radius 1 is 1.29 bits per heavy atom. The van der Waals surface area contributed by atoms with Crippen molar-refractivity contribution in [2.45, 2.75) is 19.4 Å². The lowest BCUT2D eigenvalue weighted by Gasteiger charge is -2.20. The molecule has 0 fully saturated rings. The van der Waals surface area contributed by atoms with Gasteiger partial charge in [-0.3, -0.25) is 0 Å². The first-order valence-electron chi connectivity index (χ1n) is 6.60. The minimum absolute atomic E-state index is 0.00559. The Bertz CT molecular complexity index is 658. The zero-order chi connectivity index (χ0) is 15.4. The number of hydrogen-bond acceptors (Lipinski definition) is 3. The average Bonchev–Trinajstić information content (AvgIpc) is 2.47. The molecular weight excluding hydrogens is 273 g/mol. The largest absolute Gasteiger partial charge is 0.508 e. The molecule has 0 amide bonds. The summed E-state index contributed by atoms with van der Waals surface area (Å²) in [5.41, 5.74) is 0.746. The number of hydrogen-bond donors (Lipinski definition) is 3. The molecule has 0 aliphatic heterocycles. The molecule has 0 aliphatic rings. The molecule has 0 saturated carbocycles. The van der Waals surface area contributed by atoms with Gasteiger partial charge in [0.15, 0.2) is 0 Å². The highest BCUT2D eigenvalue weighted by molar-refractivity contribution is 5.88. The van der Waals surface area contributed by atoms with Crippen molar-refractivity contribution in [3.05, 3.63) is 59.4 Å². The number of phenols is 1. The van der Waals surface area contributed by atoms with Crippen molar-refractivity contribution < 1.29 is 19.4 Å². The van der Waals surface area contributed by atoms with E-state index in [1.54, 1.807) is 24.3 Å². The Balaban J connectivity index is 2.33. The molecule has 2 aromatic rings. The molecule has 2 aromatic carbocycles. The fourth-order valence-electron chi connectivity index (χ4n) is 2.14. The Hall–Kier alpha value is -2.56. The van der Waals surface area contributed by atoms with Gasteiger partial charge in [-0.15, -0.1) is 0 Å². The van der Waals surface area contributed by atoms with E-state index in [9.17, 15) is 14.3 Å². The number of aromatic carboxylic acids is 1. The molecule has 4 nitrogen and oxygen atoms in total. The van der Waals surface area contributed by atoms with Crippen LogP contribution in [0, 0.1) is 5.82 Å². The highest BCUT2D eigenvalue weighted by atomic mass is 19.1. The van der Waals surface area contributed by atoms with Crippen molar-refractivity contribution in [2.75, 3.05) is 5.32 Å². The van der Waals surface area contributed by atoms with Crippen molar-refractivity contribution >= 4 is 11.7 Å². The third-order valence-electron chi connectivity index (χ3n) is 3.26. The number of carboxylic acid groups (broad SMARTS) is 1. The van der Waals surface area contributed by atoms with Crippen LogP contribution in [0.4, 0.5) is 10.1 Å². The molecule has 0 aliphatic carbocycles. The van der Waals surface area contributed by atoms with E-state index < -0.39 is 11.8 Å². The molecule has 5 heteroatoms. The summed E-state index contributed by atoms with van der Waals surface area (Å²) in [5.74, 6) is -1.53. The maximum absolute atomic E-state index is 13.8. The van der Waals surface area contributed by atoms with Crippen molar-refractivity contribution in [3.8, 4) is 5.75 Å². The second-order valence-electron chi connectivity index (χ2n) is 4.66. The van der Waals surface area contributed by atoms with Crippen LogP contribution in [0.3, 0.4) is 0 Å². The predicted molar refractivity (Wildman–Crippen MR) is 78.1 cm³/mol. The van der Waals surface area contributed by atoms with Gasteiger partial charge in [-0.05, 0) is 30.7 Å². The number of carboxylic acids is 1. The van der Waals surface area contributed by atoms with Gasteiger partial charge in [0, 0.05) is 5.56 Å². The third-order valence-corrected chi connectivity index (χ3v) is 3.26. The van der Waals surface area contributed by atoms with E-state index in [1.807, 2.05) is 6.92 Å². The summed E-state index contributed by atoms with van der Waals surface area (Å²) in [4.78, 5) is 11.0. The van der Waals surface area contributed by atoms with E-state index in [1.165, 1.54) is 12.1 Å². The van der Waals surface area contributed by atoms with Crippen LogP contribution in [0.15, 0.2) is 42.5 Å². The minimum Gasteiger partial charge on any atom is -0.508 e. The Morgan fingerprint density at radius 3 is 2.62 bits per heavy atom. The van der Waals surface area contributed by atoms with Gasteiger partial charge in [0.1, 0.15) is 11.6 Å². The molecule has 0 radical (unpaired) electrons. The average molecular weight is 289 g/mol. The molecule has 0 aromatic heterocycles. The highest BCUT2D eigenvalue weighted by Crippen LogP contribution is 2.30. The van der Waals surface area contributed by atoms with Crippen LogP contribution < -0.4 is 5.32 Å². The molecule has 1 atom stereocenters. The second kappa shape index (κ2) is 6.26. The Morgan fingerprint density at radius 2 is 2.00 bits per heavy atom. The number of phenolic OH excluding ortho intramolecular Hbond substituents is 1. The molecular formula is C16H16FNO3. The molecule has 0 heterocycles. The number of rotatable bonds is 5. The van der Waals surface area contributed by atoms with Gasteiger partial charge in [-0.1, -0.05) is 25.1 Å². The topological polar surface area (TPSA) is 69.6 Å². The third kappa shape index (κ3) is 3.31. The summed E-state index contributed by atoms with van der Waals surface area (Å²) in [6, 6.07) is 10.1. The molecule has 0 saturated heterocycles. The monoisotopic (exact) mass is 289 g/mol. The van der Waals surface area contributed by atoms with Crippen LogP contribution in [-0.4, -0.2) is 16.2 Å². The van der Waals surface area contributed by atoms with Gasteiger partial charge in [-0.2, -0.15) is 0 Å². The van der Waals surface area contributed by atoms with Gasteiger partial charge >= 0.3 is 5.97 Å². The smallest absolute Gasteiger partial charge is 0.335 e. The number of nitrogens with one attached hydrogen (secondary N) is 1. The molecule has 3 N–H and O–H groups in total. The van der Waals surface area contributed by atoms with Gasteiger partial charge < -0.3 is 15.5 Å². The first-order valence-corrected chi connectivity index (χ1v) is 6.60.